The lowest BCUT2D eigenvalue weighted by molar-refractivity contribution is -0.319. The van der Waals surface area contributed by atoms with Gasteiger partial charge in [0.1, 0.15) is 11.6 Å². The summed E-state index contributed by atoms with van der Waals surface area (Å²) >= 11 is 0. The summed E-state index contributed by atoms with van der Waals surface area (Å²) < 4.78 is 38.9. The largest absolute Gasteiger partial charge is 0.390 e. The number of rotatable bonds is 5. The van der Waals surface area contributed by atoms with Gasteiger partial charge in [-0.1, -0.05) is 19.9 Å². The van der Waals surface area contributed by atoms with Crippen molar-refractivity contribution in [3.63, 3.8) is 0 Å². The minimum Gasteiger partial charge on any atom is -0.390 e. The van der Waals surface area contributed by atoms with E-state index in [1.165, 1.54) is 12.1 Å². The van der Waals surface area contributed by atoms with Crippen LogP contribution >= 0.6 is 0 Å². The first-order chi connectivity index (χ1) is 12.6. The van der Waals surface area contributed by atoms with Crippen LogP contribution in [0.4, 0.5) is 8.78 Å². The van der Waals surface area contributed by atoms with Gasteiger partial charge in [-0.3, -0.25) is 0 Å². The summed E-state index contributed by atoms with van der Waals surface area (Å²) in [5.41, 5.74) is -0.300. The molecule has 1 aromatic rings. The molecule has 0 amide bonds. The van der Waals surface area contributed by atoms with Crippen molar-refractivity contribution in [1.82, 2.24) is 5.32 Å². The van der Waals surface area contributed by atoms with Crippen molar-refractivity contribution < 1.29 is 23.4 Å². The van der Waals surface area contributed by atoms with E-state index in [2.05, 4.69) is 19.2 Å². The molecule has 2 fully saturated rings. The molecule has 0 bridgehead atoms. The molecule has 0 radical (unpaired) electrons. The maximum absolute atomic E-state index is 13.9. The van der Waals surface area contributed by atoms with E-state index < -0.39 is 23.0 Å². The van der Waals surface area contributed by atoms with E-state index in [4.69, 9.17) is 9.47 Å². The lowest BCUT2D eigenvalue weighted by Gasteiger charge is -2.48. The number of benzene rings is 1. The number of hydrogen-bond donors (Lipinski definition) is 2. The maximum Gasteiger partial charge on any atom is 0.168 e. The van der Waals surface area contributed by atoms with Gasteiger partial charge in [-0.2, -0.15) is 0 Å². The zero-order valence-corrected chi connectivity index (χ0v) is 16.5. The molecule has 4 nitrogen and oxygen atoms in total. The Bertz CT molecular complexity index is 645. The molecule has 6 heteroatoms. The van der Waals surface area contributed by atoms with E-state index in [9.17, 15) is 13.9 Å². The number of nitrogens with one attached hydrogen (secondary N) is 1. The smallest absolute Gasteiger partial charge is 0.168 e. The Kier molecular flexibility index (Phi) is 5.92. The van der Waals surface area contributed by atoms with Gasteiger partial charge in [-0.05, 0) is 38.8 Å². The molecule has 3 rings (SSSR count). The lowest BCUT2D eigenvalue weighted by atomic mass is 9.78. The van der Waals surface area contributed by atoms with Crippen LogP contribution in [0.25, 0.3) is 0 Å². The zero-order valence-electron chi connectivity index (χ0n) is 16.5. The number of halogens is 2. The second-order valence-corrected chi connectivity index (χ2v) is 8.97. The minimum atomic E-state index is -0.765. The fourth-order valence-corrected chi connectivity index (χ4v) is 3.86. The molecule has 1 atom stereocenters. The van der Waals surface area contributed by atoms with Gasteiger partial charge in [0.2, 0.25) is 0 Å². The fraction of sp³-hybridized carbons (Fsp3) is 0.714. The van der Waals surface area contributed by atoms with E-state index in [1.807, 2.05) is 6.92 Å². The van der Waals surface area contributed by atoms with Crippen LogP contribution in [0.5, 0.6) is 0 Å². The molecule has 2 N–H and O–H groups in total. The normalized spacial score (nSPS) is 24.7. The molecular weight excluding hydrogens is 352 g/mol. The zero-order chi connectivity index (χ0) is 19.7. The predicted molar refractivity (Wildman–Crippen MR) is 99.2 cm³/mol. The Morgan fingerprint density at radius 2 is 1.74 bits per heavy atom. The monoisotopic (exact) mass is 383 g/mol. The molecule has 1 aromatic carbocycles. The van der Waals surface area contributed by atoms with Crippen molar-refractivity contribution in [1.29, 1.82) is 0 Å². The summed E-state index contributed by atoms with van der Waals surface area (Å²) in [5, 5.41) is 14.1. The van der Waals surface area contributed by atoms with Crippen LogP contribution in [0, 0.1) is 17.0 Å². The highest BCUT2D eigenvalue weighted by atomic mass is 19.1. The average molecular weight is 383 g/mol. The first-order valence-electron chi connectivity index (χ1n) is 9.81. The highest BCUT2D eigenvalue weighted by Gasteiger charge is 2.46. The van der Waals surface area contributed by atoms with Crippen molar-refractivity contribution in [2.75, 3.05) is 19.8 Å². The molecule has 1 heterocycles. The lowest BCUT2D eigenvalue weighted by Crippen LogP contribution is -2.52. The van der Waals surface area contributed by atoms with Crippen molar-refractivity contribution in [2.45, 2.75) is 70.3 Å². The number of aliphatic hydroxyl groups is 1. The highest BCUT2D eigenvalue weighted by molar-refractivity contribution is 5.21. The minimum absolute atomic E-state index is 0.0364. The maximum atomic E-state index is 13.9. The van der Waals surface area contributed by atoms with Gasteiger partial charge in [0.05, 0.1) is 18.8 Å². The molecule has 2 aliphatic rings. The van der Waals surface area contributed by atoms with E-state index in [0.717, 1.165) is 6.07 Å². The van der Waals surface area contributed by atoms with E-state index >= 15 is 0 Å². The third-order valence-electron chi connectivity index (χ3n) is 5.86. The SMILES string of the molecule is CC(NCCC1(O)CCC2(CC1)OCC(C)(C)CO2)c1ccc(F)cc1F. The Hall–Kier alpha value is -1.08. The van der Waals surface area contributed by atoms with Crippen LogP contribution in [-0.2, 0) is 9.47 Å². The summed E-state index contributed by atoms with van der Waals surface area (Å²) in [6.45, 7) is 7.98. The van der Waals surface area contributed by atoms with Crippen molar-refractivity contribution in [3.05, 3.63) is 35.4 Å². The average Bonchev–Trinajstić information content (AvgIpc) is 2.60. The molecule has 1 aliphatic heterocycles. The first kappa shape index (κ1) is 20.6. The molecule has 1 aliphatic carbocycles. The highest BCUT2D eigenvalue weighted by Crippen LogP contribution is 2.43. The van der Waals surface area contributed by atoms with Gasteiger partial charge in [0, 0.05) is 35.9 Å². The molecule has 1 unspecified atom stereocenters. The second-order valence-electron chi connectivity index (χ2n) is 8.97. The van der Waals surface area contributed by atoms with Crippen LogP contribution in [0.15, 0.2) is 18.2 Å². The third-order valence-corrected chi connectivity index (χ3v) is 5.86. The van der Waals surface area contributed by atoms with E-state index in [1.54, 1.807) is 0 Å². The summed E-state index contributed by atoms with van der Waals surface area (Å²) in [7, 11) is 0. The molecular formula is C21H31F2NO3. The summed E-state index contributed by atoms with van der Waals surface area (Å²) in [4.78, 5) is 0. The topological polar surface area (TPSA) is 50.7 Å². The van der Waals surface area contributed by atoms with E-state index in [0.29, 0.717) is 57.4 Å². The Labute approximate surface area is 160 Å². The van der Waals surface area contributed by atoms with E-state index in [-0.39, 0.29) is 11.5 Å². The Balaban J connectivity index is 1.46. The van der Waals surface area contributed by atoms with Crippen LogP contribution in [0.2, 0.25) is 0 Å². The Morgan fingerprint density at radius 3 is 2.33 bits per heavy atom. The van der Waals surface area contributed by atoms with Crippen LogP contribution < -0.4 is 5.32 Å². The predicted octanol–water partition coefficient (Wildman–Crippen LogP) is 4.08. The van der Waals surface area contributed by atoms with Gasteiger partial charge in [-0.25, -0.2) is 8.78 Å². The first-order valence-corrected chi connectivity index (χ1v) is 9.81. The third kappa shape index (κ3) is 5.05. The fourth-order valence-electron chi connectivity index (χ4n) is 3.86. The quantitative estimate of drug-likeness (QED) is 0.804. The number of hydrogen-bond acceptors (Lipinski definition) is 4. The standard InChI is InChI=1S/C21H31F2NO3/c1-15(17-5-4-16(22)12-18(17)23)24-11-10-20(25)6-8-21(9-7-20)26-13-19(2,3)14-27-21/h4-5,12,15,24-25H,6-11,13-14H2,1-3H3. The van der Waals surface area contributed by atoms with Gasteiger partial charge in [-0.15, -0.1) is 0 Å². The molecule has 1 spiro atoms. The van der Waals surface area contributed by atoms with Crippen LogP contribution in [-0.4, -0.2) is 36.3 Å². The van der Waals surface area contributed by atoms with Gasteiger partial charge in [0.25, 0.3) is 0 Å². The van der Waals surface area contributed by atoms with Gasteiger partial charge >= 0.3 is 0 Å². The molecule has 152 valence electrons. The van der Waals surface area contributed by atoms with Crippen molar-refractivity contribution in [3.8, 4) is 0 Å². The van der Waals surface area contributed by atoms with Gasteiger partial charge in [0.15, 0.2) is 5.79 Å². The molecule has 1 saturated heterocycles. The van der Waals surface area contributed by atoms with Crippen molar-refractivity contribution in [2.24, 2.45) is 5.41 Å². The summed E-state index contributed by atoms with van der Waals surface area (Å²) in [5.74, 6) is -1.67. The van der Waals surface area contributed by atoms with Gasteiger partial charge < -0.3 is 19.9 Å². The molecule has 1 saturated carbocycles. The van der Waals surface area contributed by atoms with Crippen LogP contribution in [0.1, 0.15) is 64.5 Å². The molecule has 0 aromatic heterocycles. The van der Waals surface area contributed by atoms with Crippen LogP contribution in [0.3, 0.4) is 0 Å². The number of ether oxygens (including phenoxy) is 2. The summed E-state index contributed by atoms with van der Waals surface area (Å²) in [6.07, 6.45) is 3.17. The van der Waals surface area contributed by atoms with Crippen molar-refractivity contribution >= 4 is 0 Å². The summed E-state index contributed by atoms with van der Waals surface area (Å²) in [6, 6.07) is 3.36. The molecule has 27 heavy (non-hydrogen) atoms. The Morgan fingerprint density at radius 1 is 1.11 bits per heavy atom. The second kappa shape index (κ2) is 7.74.